The summed E-state index contributed by atoms with van der Waals surface area (Å²) >= 11 is 0. The first kappa shape index (κ1) is 23.7. The zero-order valence-electron chi connectivity index (χ0n) is 20.0. The van der Waals surface area contributed by atoms with Gasteiger partial charge in [0.25, 0.3) is 0 Å². The molecule has 1 aliphatic rings. The topological polar surface area (TPSA) is 0 Å². The Hall–Kier alpha value is -2.00. The lowest BCUT2D eigenvalue weighted by Gasteiger charge is -2.25. The Morgan fingerprint density at radius 1 is 0.677 bits per heavy atom. The summed E-state index contributed by atoms with van der Waals surface area (Å²) in [5.74, 6) is 8.59. The smallest absolute Gasteiger partial charge is 0.0245 e. The van der Waals surface area contributed by atoms with Crippen LogP contribution in [-0.2, 0) is 6.42 Å². The number of aryl methyl sites for hydroxylation is 1. The zero-order valence-corrected chi connectivity index (χ0v) is 20.0. The lowest BCUT2D eigenvalue weighted by Crippen LogP contribution is -2.13. The molecule has 0 spiro atoms. The zero-order chi connectivity index (χ0) is 21.7. The Morgan fingerprint density at radius 2 is 1.29 bits per heavy atom. The van der Waals surface area contributed by atoms with Gasteiger partial charge in [-0.1, -0.05) is 107 Å². The van der Waals surface area contributed by atoms with Gasteiger partial charge in [0.15, 0.2) is 0 Å². The van der Waals surface area contributed by atoms with Crippen LogP contribution in [0, 0.1) is 23.7 Å². The van der Waals surface area contributed by atoms with Gasteiger partial charge in [0.2, 0.25) is 0 Å². The maximum Gasteiger partial charge on any atom is 0.0245 e. The van der Waals surface area contributed by atoms with E-state index in [0.29, 0.717) is 5.92 Å². The van der Waals surface area contributed by atoms with E-state index in [4.69, 9.17) is 0 Å². The fourth-order valence-electron chi connectivity index (χ4n) is 4.83. The largest absolute Gasteiger partial charge is 0.0945 e. The summed E-state index contributed by atoms with van der Waals surface area (Å²) in [7, 11) is 0. The lowest BCUT2D eigenvalue weighted by atomic mass is 9.80. The van der Waals surface area contributed by atoms with Crippen LogP contribution in [-0.4, -0.2) is 0 Å². The summed E-state index contributed by atoms with van der Waals surface area (Å²) in [6.07, 6.45) is 17.5. The van der Waals surface area contributed by atoms with E-state index >= 15 is 0 Å². The molecule has 3 rings (SSSR count). The molecule has 166 valence electrons. The van der Waals surface area contributed by atoms with Gasteiger partial charge in [0.1, 0.15) is 0 Å². The van der Waals surface area contributed by atoms with E-state index in [2.05, 4.69) is 74.2 Å². The maximum absolute atomic E-state index is 3.57. The first-order valence-electron chi connectivity index (χ1n) is 13.0. The molecule has 0 N–H and O–H groups in total. The van der Waals surface area contributed by atoms with Crippen LogP contribution in [0.15, 0.2) is 48.5 Å². The van der Waals surface area contributed by atoms with E-state index < -0.39 is 0 Å². The first-order valence-corrected chi connectivity index (χ1v) is 13.0. The van der Waals surface area contributed by atoms with Crippen LogP contribution in [0.4, 0.5) is 0 Å². The van der Waals surface area contributed by atoms with Crippen molar-refractivity contribution in [1.82, 2.24) is 0 Å². The van der Waals surface area contributed by atoms with Gasteiger partial charge in [0, 0.05) is 11.5 Å². The monoisotopic (exact) mass is 414 g/mol. The molecule has 0 atom stereocenters. The Bertz CT molecular complexity index is 792. The van der Waals surface area contributed by atoms with E-state index in [-0.39, 0.29) is 0 Å². The van der Waals surface area contributed by atoms with Crippen molar-refractivity contribution in [3.63, 3.8) is 0 Å². The number of unbranched alkanes of at least 4 members (excludes halogenated alkanes) is 5. The van der Waals surface area contributed by atoms with E-state index in [1.165, 1.54) is 100 Å². The molecule has 1 aliphatic carbocycles. The van der Waals surface area contributed by atoms with Crippen molar-refractivity contribution in [2.24, 2.45) is 11.8 Å². The third-order valence-corrected chi connectivity index (χ3v) is 6.97. The third-order valence-electron chi connectivity index (χ3n) is 6.97. The van der Waals surface area contributed by atoms with E-state index in [1.807, 2.05) is 0 Å². The quantitative estimate of drug-likeness (QED) is 0.268. The Balaban J connectivity index is 1.47. The molecule has 0 aromatic heterocycles. The summed E-state index contributed by atoms with van der Waals surface area (Å²) in [6.45, 7) is 4.57. The van der Waals surface area contributed by atoms with Crippen LogP contribution >= 0.6 is 0 Å². The van der Waals surface area contributed by atoms with Gasteiger partial charge in [-0.05, 0) is 73.3 Å². The maximum atomic E-state index is 3.57. The molecule has 0 radical (unpaired) electrons. The molecule has 0 heterocycles. The summed E-state index contributed by atoms with van der Waals surface area (Å²) in [5.41, 5.74) is 5.21. The van der Waals surface area contributed by atoms with Crippen molar-refractivity contribution < 1.29 is 0 Å². The molecule has 0 amide bonds. The summed E-state index contributed by atoms with van der Waals surface area (Å²) < 4.78 is 0. The molecule has 31 heavy (non-hydrogen) atoms. The van der Waals surface area contributed by atoms with Crippen LogP contribution in [0.3, 0.4) is 0 Å². The van der Waals surface area contributed by atoms with Crippen molar-refractivity contribution in [3.05, 3.63) is 59.7 Å². The predicted molar refractivity (Wildman–Crippen MR) is 136 cm³/mol. The standard InChI is InChI=1S/C31H42/c1-3-5-7-9-11-27-18-22-30(23-19-27)31-24-20-29(21-25-31)17-16-28-14-12-26(13-15-28)10-8-6-4-2/h18-26,28H,3-15H2,1-2H3. The van der Waals surface area contributed by atoms with Gasteiger partial charge in [-0.15, -0.1) is 0 Å². The van der Waals surface area contributed by atoms with Crippen molar-refractivity contribution in [2.75, 3.05) is 0 Å². The van der Waals surface area contributed by atoms with Crippen LogP contribution in [0.1, 0.15) is 102 Å². The van der Waals surface area contributed by atoms with Crippen LogP contribution < -0.4 is 0 Å². The molecule has 2 aromatic rings. The normalized spacial score (nSPS) is 18.4. The minimum absolute atomic E-state index is 0.604. The van der Waals surface area contributed by atoms with Crippen LogP contribution in [0.2, 0.25) is 0 Å². The molecule has 0 bridgehead atoms. The molecule has 1 saturated carbocycles. The average molecular weight is 415 g/mol. The van der Waals surface area contributed by atoms with Crippen LogP contribution in [0.5, 0.6) is 0 Å². The fraction of sp³-hybridized carbons (Fsp3) is 0.548. The van der Waals surface area contributed by atoms with Gasteiger partial charge in [0.05, 0.1) is 0 Å². The molecule has 0 heteroatoms. The minimum Gasteiger partial charge on any atom is -0.0945 e. The molecule has 0 aliphatic heterocycles. The SMILES string of the molecule is CCCCCCc1ccc(-c2ccc(C#CC3CCC(CCCCC)CC3)cc2)cc1. The molecule has 2 aromatic carbocycles. The molecule has 1 fully saturated rings. The van der Waals surface area contributed by atoms with Gasteiger partial charge >= 0.3 is 0 Å². The van der Waals surface area contributed by atoms with E-state index in [1.54, 1.807) is 0 Å². The highest BCUT2D eigenvalue weighted by molar-refractivity contribution is 5.64. The summed E-state index contributed by atoms with van der Waals surface area (Å²) in [5, 5.41) is 0. The highest BCUT2D eigenvalue weighted by Gasteiger charge is 2.19. The van der Waals surface area contributed by atoms with Gasteiger partial charge in [-0.25, -0.2) is 0 Å². The summed E-state index contributed by atoms with van der Waals surface area (Å²) in [6, 6.07) is 18.0. The molecular formula is C31H42. The number of benzene rings is 2. The molecular weight excluding hydrogens is 372 g/mol. The predicted octanol–water partition coefficient (Wildman–Crippen LogP) is 9.21. The Labute approximate surface area is 191 Å². The van der Waals surface area contributed by atoms with E-state index in [0.717, 1.165) is 11.5 Å². The second kappa shape index (κ2) is 13.4. The second-order valence-electron chi connectivity index (χ2n) is 9.57. The van der Waals surface area contributed by atoms with Crippen molar-refractivity contribution in [1.29, 1.82) is 0 Å². The first-order chi connectivity index (χ1) is 15.3. The highest BCUT2D eigenvalue weighted by atomic mass is 14.2. The number of hydrogen-bond acceptors (Lipinski definition) is 0. The third kappa shape index (κ3) is 8.22. The van der Waals surface area contributed by atoms with Crippen molar-refractivity contribution >= 4 is 0 Å². The minimum atomic E-state index is 0.604. The van der Waals surface area contributed by atoms with Gasteiger partial charge in [-0.3, -0.25) is 0 Å². The molecule has 0 nitrogen and oxygen atoms in total. The number of rotatable bonds is 10. The lowest BCUT2D eigenvalue weighted by molar-refractivity contribution is 0.294. The average Bonchev–Trinajstić information content (AvgIpc) is 2.82. The second-order valence-corrected chi connectivity index (χ2v) is 9.57. The van der Waals surface area contributed by atoms with E-state index in [9.17, 15) is 0 Å². The van der Waals surface area contributed by atoms with Crippen molar-refractivity contribution in [3.8, 4) is 23.0 Å². The van der Waals surface area contributed by atoms with Gasteiger partial charge in [-0.2, -0.15) is 0 Å². The molecule has 0 saturated heterocycles. The Morgan fingerprint density at radius 3 is 1.94 bits per heavy atom. The Kier molecular flexibility index (Phi) is 10.2. The highest BCUT2D eigenvalue weighted by Crippen LogP contribution is 2.31. The van der Waals surface area contributed by atoms with Gasteiger partial charge < -0.3 is 0 Å². The summed E-state index contributed by atoms with van der Waals surface area (Å²) in [4.78, 5) is 0. The van der Waals surface area contributed by atoms with Crippen LogP contribution in [0.25, 0.3) is 11.1 Å². The molecule has 0 unspecified atom stereocenters. The van der Waals surface area contributed by atoms with Crippen molar-refractivity contribution in [2.45, 2.75) is 97.3 Å². The fourth-order valence-corrected chi connectivity index (χ4v) is 4.83. The number of hydrogen-bond donors (Lipinski definition) is 0.